The van der Waals surface area contributed by atoms with Gasteiger partial charge >= 0.3 is 0 Å². The second kappa shape index (κ2) is 8.38. The van der Waals surface area contributed by atoms with Crippen molar-refractivity contribution < 1.29 is 4.79 Å². The molecule has 0 bridgehead atoms. The van der Waals surface area contributed by atoms with Crippen molar-refractivity contribution >= 4 is 29.8 Å². The molecule has 1 aromatic heterocycles. The third-order valence-corrected chi connectivity index (χ3v) is 3.99. The molecule has 1 amide bonds. The van der Waals surface area contributed by atoms with Gasteiger partial charge in [0.2, 0.25) is 11.1 Å². The van der Waals surface area contributed by atoms with Gasteiger partial charge in [-0.05, 0) is 25.5 Å². The Morgan fingerprint density at radius 1 is 1.23 bits per heavy atom. The van der Waals surface area contributed by atoms with Crippen LogP contribution in [0.3, 0.4) is 0 Å². The molecule has 6 heteroatoms. The van der Waals surface area contributed by atoms with Gasteiger partial charge in [0.15, 0.2) is 0 Å². The van der Waals surface area contributed by atoms with Gasteiger partial charge in [0.1, 0.15) is 5.82 Å². The van der Waals surface area contributed by atoms with Crippen LogP contribution in [0, 0.1) is 0 Å². The van der Waals surface area contributed by atoms with Crippen molar-refractivity contribution in [3.05, 3.63) is 41.7 Å². The average Bonchev–Trinajstić information content (AvgIpc) is 3.01. The second-order valence-electron chi connectivity index (χ2n) is 4.60. The molecule has 5 nitrogen and oxygen atoms in total. The molecule has 116 valence electrons. The summed E-state index contributed by atoms with van der Waals surface area (Å²) in [5.74, 6) is 1.16. The Bertz CT molecular complexity index is 620. The summed E-state index contributed by atoms with van der Waals surface area (Å²) in [5, 5.41) is 7.57. The zero-order chi connectivity index (χ0) is 15.8. The van der Waals surface area contributed by atoms with Gasteiger partial charge in [0, 0.05) is 13.1 Å². The molecule has 0 aliphatic rings. The lowest BCUT2D eigenvalue weighted by atomic mass is 10.2. The highest BCUT2D eigenvalue weighted by atomic mass is 32.2. The summed E-state index contributed by atoms with van der Waals surface area (Å²) in [6, 6.07) is 9.99. The maximum Gasteiger partial charge on any atom is 0.233 e. The SMILES string of the molecule is CCN(CC)C(=O)CSc1n[nH]c(/C=C/c2ccccc2)n1. The molecule has 22 heavy (non-hydrogen) atoms. The normalized spacial score (nSPS) is 11.0. The van der Waals surface area contributed by atoms with Crippen molar-refractivity contribution in [1.82, 2.24) is 20.1 Å². The second-order valence-corrected chi connectivity index (χ2v) is 5.54. The summed E-state index contributed by atoms with van der Waals surface area (Å²) in [4.78, 5) is 18.1. The van der Waals surface area contributed by atoms with E-state index in [9.17, 15) is 4.79 Å². The molecule has 0 aliphatic heterocycles. The monoisotopic (exact) mass is 316 g/mol. The molecule has 0 unspecified atom stereocenters. The average molecular weight is 316 g/mol. The fraction of sp³-hybridized carbons (Fsp3) is 0.312. The first-order valence-electron chi connectivity index (χ1n) is 7.29. The lowest BCUT2D eigenvalue weighted by Gasteiger charge is -2.17. The smallest absolute Gasteiger partial charge is 0.233 e. The van der Waals surface area contributed by atoms with Crippen LogP contribution in [0.15, 0.2) is 35.5 Å². The number of hydrogen-bond acceptors (Lipinski definition) is 4. The van der Waals surface area contributed by atoms with Crippen molar-refractivity contribution in [1.29, 1.82) is 0 Å². The molecule has 2 rings (SSSR count). The van der Waals surface area contributed by atoms with Crippen LogP contribution in [-0.2, 0) is 4.79 Å². The number of rotatable bonds is 7. The zero-order valence-corrected chi connectivity index (χ0v) is 13.6. The Balaban J connectivity index is 1.89. The van der Waals surface area contributed by atoms with E-state index in [2.05, 4.69) is 15.2 Å². The van der Waals surface area contributed by atoms with E-state index in [-0.39, 0.29) is 5.91 Å². The first kappa shape index (κ1) is 16.3. The maximum absolute atomic E-state index is 11.9. The van der Waals surface area contributed by atoms with Crippen molar-refractivity contribution in [3.8, 4) is 0 Å². The van der Waals surface area contributed by atoms with Gasteiger partial charge in [0.05, 0.1) is 5.75 Å². The van der Waals surface area contributed by atoms with Crippen LogP contribution in [-0.4, -0.2) is 44.8 Å². The summed E-state index contributed by atoms with van der Waals surface area (Å²) in [5.41, 5.74) is 1.10. The van der Waals surface area contributed by atoms with Crippen LogP contribution in [0.25, 0.3) is 12.2 Å². The third-order valence-electron chi connectivity index (χ3n) is 3.16. The van der Waals surface area contributed by atoms with Gasteiger partial charge in [0.25, 0.3) is 0 Å². The molecule has 0 aliphatic carbocycles. The molecule has 0 saturated heterocycles. The standard InChI is InChI=1S/C16H20N4OS/c1-3-20(4-2)15(21)12-22-16-17-14(18-19-16)11-10-13-8-6-5-7-9-13/h5-11H,3-4,12H2,1-2H3,(H,17,18,19)/b11-10+. The minimum Gasteiger partial charge on any atom is -0.343 e. The number of hydrogen-bond donors (Lipinski definition) is 1. The van der Waals surface area contributed by atoms with Crippen LogP contribution in [0.4, 0.5) is 0 Å². The Morgan fingerprint density at radius 2 is 1.95 bits per heavy atom. The highest BCUT2D eigenvalue weighted by Gasteiger charge is 2.11. The maximum atomic E-state index is 11.9. The van der Waals surface area contributed by atoms with Gasteiger partial charge in [-0.25, -0.2) is 4.98 Å². The molecule has 1 N–H and O–H groups in total. The van der Waals surface area contributed by atoms with Crippen LogP contribution in [0.2, 0.25) is 0 Å². The molecule has 0 saturated carbocycles. The topological polar surface area (TPSA) is 61.9 Å². The quantitative estimate of drug-likeness (QED) is 0.798. The van der Waals surface area contributed by atoms with E-state index in [0.717, 1.165) is 18.7 Å². The van der Waals surface area contributed by atoms with Crippen molar-refractivity contribution in [3.63, 3.8) is 0 Å². The number of carbonyl (C=O) groups is 1. The van der Waals surface area contributed by atoms with Gasteiger partial charge in [-0.3, -0.25) is 9.89 Å². The van der Waals surface area contributed by atoms with E-state index in [0.29, 0.717) is 16.7 Å². The molecule has 2 aromatic rings. The molecular formula is C16H20N4OS. The molecule has 0 spiro atoms. The summed E-state index contributed by atoms with van der Waals surface area (Å²) in [6.07, 6.45) is 3.84. The Labute approximate surface area is 134 Å². The minimum absolute atomic E-state index is 0.112. The van der Waals surface area contributed by atoms with Crippen LogP contribution in [0.1, 0.15) is 25.2 Å². The highest BCUT2D eigenvalue weighted by Crippen LogP contribution is 2.14. The number of aromatic amines is 1. The lowest BCUT2D eigenvalue weighted by Crippen LogP contribution is -2.31. The Kier molecular flexibility index (Phi) is 6.21. The van der Waals surface area contributed by atoms with Crippen LogP contribution >= 0.6 is 11.8 Å². The summed E-state index contributed by atoms with van der Waals surface area (Å²) >= 11 is 1.35. The number of aromatic nitrogens is 3. The van der Waals surface area contributed by atoms with Gasteiger partial charge < -0.3 is 4.90 Å². The zero-order valence-electron chi connectivity index (χ0n) is 12.8. The Morgan fingerprint density at radius 3 is 2.64 bits per heavy atom. The van der Waals surface area contributed by atoms with E-state index in [1.807, 2.05) is 56.3 Å². The number of nitrogens with one attached hydrogen (secondary N) is 1. The van der Waals surface area contributed by atoms with E-state index in [4.69, 9.17) is 0 Å². The lowest BCUT2D eigenvalue weighted by molar-refractivity contribution is -0.127. The van der Waals surface area contributed by atoms with Crippen molar-refractivity contribution in [2.24, 2.45) is 0 Å². The van der Waals surface area contributed by atoms with Crippen molar-refractivity contribution in [2.75, 3.05) is 18.8 Å². The van der Waals surface area contributed by atoms with E-state index in [1.165, 1.54) is 11.8 Å². The molecule has 0 fully saturated rings. The fourth-order valence-electron chi connectivity index (χ4n) is 1.93. The number of nitrogens with zero attached hydrogens (tertiary/aromatic N) is 3. The van der Waals surface area contributed by atoms with Crippen LogP contribution in [0.5, 0.6) is 0 Å². The minimum atomic E-state index is 0.112. The molecule has 1 aromatic carbocycles. The number of thioether (sulfide) groups is 1. The first-order chi connectivity index (χ1) is 10.7. The molecule has 1 heterocycles. The predicted molar refractivity (Wildman–Crippen MR) is 90.4 cm³/mol. The first-order valence-corrected chi connectivity index (χ1v) is 8.27. The van der Waals surface area contributed by atoms with Crippen LogP contribution < -0.4 is 0 Å². The largest absolute Gasteiger partial charge is 0.343 e. The summed E-state index contributed by atoms with van der Waals surface area (Å²) in [7, 11) is 0. The van der Waals surface area contributed by atoms with E-state index < -0.39 is 0 Å². The summed E-state index contributed by atoms with van der Waals surface area (Å²) < 4.78 is 0. The Hall–Kier alpha value is -2.08. The molecule has 0 radical (unpaired) electrons. The van der Waals surface area contributed by atoms with Crippen molar-refractivity contribution in [2.45, 2.75) is 19.0 Å². The number of H-pyrrole nitrogens is 1. The highest BCUT2D eigenvalue weighted by molar-refractivity contribution is 7.99. The number of amides is 1. The van der Waals surface area contributed by atoms with Gasteiger partial charge in [-0.1, -0.05) is 48.2 Å². The van der Waals surface area contributed by atoms with Gasteiger partial charge in [-0.2, -0.15) is 0 Å². The van der Waals surface area contributed by atoms with Gasteiger partial charge in [-0.15, -0.1) is 5.10 Å². The summed E-state index contributed by atoms with van der Waals surface area (Å²) in [6.45, 7) is 5.42. The van der Waals surface area contributed by atoms with E-state index >= 15 is 0 Å². The number of carbonyl (C=O) groups excluding carboxylic acids is 1. The molecular weight excluding hydrogens is 296 g/mol. The van der Waals surface area contributed by atoms with E-state index in [1.54, 1.807) is 4.90 Å². The predicted octanol–water partition coefficient (Wildman–Crippen LogP) is 2.94. The molecule has 0 atom stereocenters. The number of benzene rings is 1. The fourth-order valence-corrected chi connectivity index (χ4v) is 2.64. The third kappa shape index (κ3) is 4.73.